The highest BCUT2D eigenvalue weighted by atomic mass is 79.9. The molecule has 0 radical (unpaired) electrons. The van der Waals surface area contributed by atoms with Gasteiger partial charge in [-0.3, -0.25) is 0 Å². The largest absolute Gasteiger partial charge is 0.327 e. The predicted octanol–water partition coefficient (Wildman–Crippen LogP) is 3.13. The molecule has 1 aromatic rings. The monoisotopic (exact) mass is 257 g/mol. The fourth-order valence-electron chi connectivity index (χ4n) is 0.634. The summed E-state index contributed by atoms with van der Waals surface area (Å²) >= 11 is 10.1. The first-order valence-corrected chi connectivity index (χ1v) is 4.92. The van der Waals surface area contributed by atoms with Gasteiger partial charge in [0.2, 0.25) is 0 Å². The lowest BCUT2D eigenvalue weighted by molar-refractivity contribution is 0.358. The van der Waals surface area contributed by atoms with Gasteiger partial charge in [-0.05, 0) is 22.0 Å². The van der Waals surface area contributed by atoms with Gasteiger partial charge < -0.3 is 5.73 Å². The van der Waals surface area contributed by atoms with Crippen LogP contribution in [-0.2, 0) is 0 Å². The summed E-state index contributed by atoms with van der Waals surface area (Å²) in [4.78, 5) is 0.573. The molecular weight excluding hydrogens is 252 g/mol. The van der Waals surface area contributed by atoms with E-state index in [-0.39, 0.29) is 6.54 Å². The Balaban J connectivity index is 2.88. The van der Waals surface area contributed by atoms with Crippen LogP contribution in [0, 0.1) is 0 Å². The summed E-state index contributed by atoms with van der Waals surface area (Å²) in [6.45, 7) is 0.00326. The van der Waals surface area contributed by atoms with Crippen LogP contribution in [0.15, 0.2) is 10.5 Å². The molecule has 1 atom stereocenters. The number of alkyl halides is 1. The van der Waals surface area contributed by atoms with Gasteiger partial charge in [-0.2, -0.15) is 0 Å². The highest BCUT2D eigenvalue weighted by Gasteiger charge is 2.12. The fraction of sp³-hybridized carbons (Fsp3) is 0.333. The van der Waals surface area contributed by atoms with Gasteiger partial charge in [0.15, 0.2) is 0 Å². The summed E-state index contributed by atoms with van der Waals surface area (Å²) in [5, 5.41) is 0. The van der Waals surface area contributed by atoms with Crippen molar-refractivity contribution < 1.29 is 4.39 Å². The first-order chi connectivity index (χ1) is 5.15. The molecule has 1 aromatic heterocycles. The Kier molecular flexibility index (Phi) is 3.30. The molecule has 2 N–H and O–H groups in total. The normalized spacial score (nSPS) is 13.5. The quantitative estimate of drug-likeness (QED) is 0.866. The molecule has 0 aliphatic rings. The zero-order valence-corrected chi connectivity index (χ0v) is 8.64. The first-order valence-electron chi connectivity index (χ1n) is 2.94. The number of halogens is 3. The molecule has 0 aliphatic carbocycles. The van der Waals surface area contributed by atoms with Crippen LogP contribution < -0.4 is 5.73 Å². The SMILES string of the molecule is NCC(F)c1cc(Br)c(Cl)s1. The standard InChI is InChI=1S/C6H6BrClFNS/c7-3-1-5(4(9)2-10)11-6(3)8/h1,4H,2,10H2. The number of hydrogen-bond acceptors (Lipinski definition) is 2. The third-order valence-electron chi connectivity index (χ3n) is 1.18. The van der Waals surface area contributed by atoms with Gasteiger partial charge in [0.1, 0.15) is 10.5 Å². The van der Waals surface area contributed by atoms with Crippen molar-refractivity contribution in [3.05, 3.63) is 19.8 Å². The Morgan fingerprint density at radius 3 is 2.82 bits per heavy atom. The molecule has 62 valence electrons. The highest BCUT2D eigenvalue weighted by molar-refractivity contribution is 9.10. The van der Waals surface area contributed by atoms with E-state index in [1.807, 2.05) is 0 Å². The zero-order chi connectivity index (χ0) is 8.43. The second kappa shape index (κ2) is 3.85. The molecule has 1 heterocycles. The summed E-state index contributed by atoms with van der Waals surface area (Å²) in [7, 11) is 0. The summed E-state index contributed by atoms with van der Waals surface area (Å²) in [6.07, 6.45) is -1.09. The number of thiophene rings is 1. The highest BCUT2D eigenvalue weighted by Crippen LogP contribution is 2.35. The first kappa shape index (κ1) is 9.45. The Morgan fingerprint density at radius 2 is 2.45 bits per heavy atom. The molecule has 0 fully saturated rings. The molecule has 0 aliphatic heterocycles. The van der Waals surface area contributed by atoms with Crippen molar-refractivity contribution in [1.82, 2.24) is 0 Å². The van der Waals surface area contributed by atoms with Crippen molar-refractivity contribution in [3.8, 4) is 0 Å². The van der Waals surface area contributed by atoms with Crippen LogP contribution in [0.4, 0.5) is 4.39 Å². The second-order valence-electron chi connectivity index (χ2n) is 1.97. The number of rotatable bonds is 2. The lowest BCUT2D eigenvalue weighted by Crippen LogP contribution is -2.05. The molecule has 0 amide bonds. The summed E-state index contributed by atoms with van der Waals surface area (Å²) in [5.41, 5.74) is 5.14. The molecule has 1 unspecified atom stereocenters. The lowest BCUT2D eigenvalue weighted by Gasteiger charge is -1.98. The van der Waals surface area contributed by atoms with Crippen LogP contribution in [0.5, 0.6) is 0 Å². The van der Waals surface area contributed by atoms with Gasteiger partial charge >= 0.3 is 0 Å². The van der Waals surface area contributed by atoms with Gasteiger partial charge in [0.25, 0.3) is 0 Å². The van der Waals surface area contributed by atoms with E-state index in [1.165, 1.54) is 11.3 Å². The van der Waals surface area contributed by atoms with E-state index in [2.05, 4.69) is 15.9 Å². The van der Waals surface area contributed by atoms with Crippen molar-refractivity contribution >= 4 is 38.9 Å². The summed E-state index contributed by atoms with van der Waals surface area (Å²) in [5.74, 6) is 0. The van der Waals surface area contributed by atoms with E-state index in [4.69, 9.17) is 17.3 Å². The average molecular weight is 259 g/mol. The zero-order valence-electron chi connectivity index (χ0n) is 5.48. The third-order valence-corrected chi connectivity index (χ3v) is 3.74. The van der Waals surface area contributed by atoms with E-state index in [0.29, 0.717) is 9.21 Å². The van der Waals surface area contributed by atoms with Gasteiger partial charge in [0, 0.05) is 15.9 Å². The minimum atomic E-state index is -1.09. The topological polar surface area (TPSA) is 26.0 Å². The predicted molar refractivity (Wildman–Crippen MR) is 49.9 cm³/mol. The van der Waals surface area contributed by atoms with Crippen molar-refractivity contribution in [2.75, 3.05) is 6.54 Å². The molecule has 0 spiro atoms. The molecule has 0 saturated carbocycles. The Morgan fingerprint density at radius 1 is 1.82 bits per heavy atom. The Hall–Kier alpha value is 0.360. The third kappa shape index (κ3) is 2.15. The van der Waals surface area contributed by atoms with E-state index >= 15 is 0 Å². The molecule has 11 heavy (non-hydrogen) atoms. The summed E-state index contributed by atoms with van der Waals surface area (Å²) < 4.78 is 14.2. The van der Waals surface area contributed by atoms with E-state index in [9.17, 15) is 4.39 Å². The minimum Gasteiger partial charge on any atom is -0.327 e. The van der Waals surface area contributed by atoms with E-state index in [0.717, 1.165) is 4.47 Å². The van der Waals surface area contributed by atoms with Crippen molar-refractivity contribution in [3.63, 3.8) is 0 Å². The van der Waals surface area contributed by atoms with Crippen LogP contribution >= 0.6 is 38.9 Å². The molecule has 0 bridgehead atoms. The van der Waals surface area contributed by atoms with Gasteiger partial charge in [0.05, 0.1) is 0 Å². The molecule has 0 saturated heterocycles. The van der Waals surface area contributed by atoms with Crippen molar-refractivity contribution in [1.29, 1.82) is 0 Å². The Labute approximate surface area is 81.5 Å². The van der Waals surface area contributed by atoms with Crippen LogP contribution in [0.1, 0.15) is 11.0 Å². The van der Waals surface area contributed by atoms with Crippen molar-refractivity contribution in [2.45, 2.75) is 6.17 Å². The van der Waals surface area contributed by atoms with E-state index in [1.54, 1.807) is 6.07 Å². The van der Waals surface area contributed by atoms with Crippen LogP contribution in [0.2, 0.25) is 4.34 Å². The number of nitrogens with two attached hydrogens (primary N) is 1. The maximum atomic E-state index is 12.9. The maximum Gasteiger partial charge on any atom is 0.146 e. The van der Waals surface area contributed by atoms with Gasteiger partial charge in [-0.1, -0.05) is 11.6 Å². The van der Waals surface area contributed by atoms with Crippen molar-refractivity contribution in [2.24, 2.45) is 5.73 Å². The molecule has 0 aromatic carbocycles. The minimum absolute atomic E-state index is 0.00326. The Bertz CT molecular complexity index is 233. The number of hydrogen-bond donors (Lipinski definition) is 1. The average Bonchev–Trinajstić information content (AvgIpc) is 2.31. The van der Waals surface area contributed by atoms with Crippen LogP contribution in [0.25, 0.3) is 0 Å². The fourth-order valence-corrected chi connectivity index (χ4v) is 2.36. The van der Waals surface area contributed by atoms with Crippen LogP contribution in [-0.4, -0.2) is 6.54 Å². The molecule has 5 heteroatoms. The smallest absolute Gasteiger partial charge is 0.146 e. The lowest BCUT2D eigenvalue weighted by atomic mass is 10.3. The van der Waals surface area contributed by atoms with Gasteiger partial charge in [-0.25, -0.2) is 4.39 Å². The van der Waals surface area contributed by atoms with E-state index < -0.39 is 6.17 Å². The molecule has 1 nitrogen and oxygen atoms in total. The van der Waals surface area contributed by atoms with Crippen LogP contribution in [0.3, 0.4) is 0 Å². The molecule has 1 rings (SSSR count). The van der Waals surface area contributed by atoms with Gasteiger partial charge in [-0.15, -0.1) is 11.3 Å². The molecular formula is C6H6BrClFNS. The summed E-state index contributed by atoms with van der Waals surface area (Å²) in [6, 6.07) is 1.66. The second-order valence-corrected chi connectivity index (χ2v) is 4.51. The maximum absolute atomic E-state index is 12.9.